The summed E-state index contributed by atoms with van der Waals surface area (Å²) in [6.45, 7) is 0. The second-order valence-corrected chi connectivity index (χ2v) is 7.55. The third-order valence-corrected chi connectivity index (χ3v) is 5.54. The molecule has 0 spiro atoms. The number of thiazole rings is 1. The van der Waals surface area contributed by atoms with Crippen molar-refractivity contribution in [2.75, 3.05) is 28.4 Å². The topological polar surface area (TPSA) is 77.6 Å². The average molecular weight is 478 g/mol. The van der Waals surface area contributed by atoms with Gasteiger partial charge >= 0.3 is 0 Å². The van der Waals surface area contributed by atoms with Crippen LogP contribution >= 0.6 is 27.3 Å². The van der Waals surface area contributed by atoms with Gasteiger partial charge in [0.05, 0.1) is 33.2 Å². The first kappa shape index (κ1) is 20.9. The van der Waals surface area contributed by atoms with Gasteiger partial charge in [0.2, 0.25) is 10.6 Å². The highest BCUT2D eigenvalue weighted by atomic mass is 79.9. The number of ether oxygens (including phenoxy) is 3. The van der Waals surface area contributed by atoms with Crippen molar-refractivity contribution in [3.8, 4) is 34.3 Å². The molecule has 1 N–H and O–H groups in total. The molecule has 0 saturated heterocycles. The van der Waals surface area contributed by atoms with Crippen molar-refractivity contribution < 1.29 is 19.3 Å². The van der Waals surface area contributed by atoms with Crippen molar-refractivity contribution in [1.82, 2.24) is 4.68 Å². The molecule has 0 amide bonds. The fourth-order valence-corrected chi connectivity index (χ4v) is 3.92. The molecule has 0 fully saturated rings. The zero-order chi connectivity index (χ0) is 21.0. The number of benzene rings is 2. The molecule has 0 saturated carbocycles. The standard InChI is InChI=1S/C20H20BrN3O4S/c1-22-20-24(23-10-13-7-14(21)5-6-16(13)25)15(11-29-20)12-8-17(26-2)19(28-4)18(9-12)27-3/h5-11,25H,1-4H3. The monoisotopic (exact) mass is 477 g/mol. The molecule has 7 nitrogen and oxygen atoms in total. The quantitative estimate of drug-likeness (QED) is 0.541. The summed E-state index contributed by atoms with van der Waals surface area (Å²) in [6, 6.07) is 8.86. The van der Waals surface area contributed by atoms with Gasteiger partial charge in [-0.3, -0.25) is 4.99 Å². The summed E-state index contributed by atoms with van der Waals surface area (Å²) >= 11 is 4.85. The first-order valence-corrected chi connectivity index (χ1v) is 10.2. The van der Waals surface area contributed by atoms with Crippen LogP contribution in [0, 0.1) is 0 Å². The molecular weight excluding hydrogens is 458 g/mol. The molecule has 9 heteroatoms. The Balaban J connectivity index is 2.15. The summed E-state index contributed by atoms with van der Waals surface area (Å²) in [6.07, 6.45) is 1.59. The minimum atomic E-state index is 0.136. The first-order valence-electron chi connectivity index (χ1n) is 8.49. The van der Waals surface area contributed by atoms with E-state index < -0.39 is 0 Å². The van der Waals surface area contributed by atoms with Crippen molar-refractivity contribution >= 4 is 33.5 Å². The van der Waals surface area contributed by atoms with Gasteiger partial charge in [0.1, 0.15) is 5.75 Å². The van der Waals surface area contributed by atoms with E-state index in [1.165, 1.54) is 11.3 Å². The molecule has 0 radical (unpaired) electrons. The highest BCUT2D eigenvalue weighted by molar-refractivity contribution is 9.10. The number of phenolic OH excluding ortho intramolecular Hbond substituents is 1. The highest BCUT2D eigenvalue weighted by Crippen LogP contribution is 2.41. The number of methoxy groups -OCH3 is 3. The normalized spacial score (nSPS) is 11.8. The minimum Gasteiger partial charge on any atom is -0.507 e. The maximum Gasteiger partial charge on any atom is 0.205 e. The van der Waals surface area contributed by atoms with Crippen molar-refractivity contribution in [2.45, 2.75) is 0 Å². The van der Waals surface area contributed by atoms with E-state index in [4.69, 9.17) is 14.2 Å². The number of rotatable bonds is 6. The highest BCUT2D eigenvalue weighted by Gasteiger charge is 2.17. The van der Waals surface area contributed by atoms with E-state index in [0.29, 0.717) is 27.6 Å². The summed E-state index contributed by atoms with van der Waals surface area (Å²) in [5.41, 5.74) is 2.19. The van der Waals surface area contributed by atoms with Crippen LogP contribution in [-0.2, 0) is 0 Å². The van der Waals surface area contributed by atoms with Crippen LogP contribution in [0.15, 0.2) is 50.3 Å². The first-order chi connectivity index (χ1) is 14.0. The van der Waals surface area contributed by atoms with E-state index >= 15 is 0 Å². The van der Waals surface area contributed by atoms with Crippen LogP contribution in [0.3, 0.4) is 0 Å². The molecule has 1 aromatic heterocycles. The largest absolute Gasteiger partial charge is 0.507 e. The number of phenols is 1. The second-order valence-electron chi connectivity index (χ2n) is 5.80. The fraction of sp³-hybridized carbons (Fsp3) is 0.200. The van der Waals surface area contributed by atoms with E-state index in [1.54, 1.807) is 57.5 Å². The molecule has 0 aliphatic rings. The lowest BCUT2D eigenvalue weighted by Gasteiger charge is -2.14. The lowest BCUT2D eigenvalue weighted by atomic mass is 10.1. The summed E-state index contributed by atoms with van der Waals surface area (Å²) in [7, 11) is 6.41. The average Bonchev–Trinajstić information content (AvgIpc) is 3.16. The van der Waals surface area contributed by atoms with Crippen LogP contribution in [0.4, 0.5) is 0 Å². The van der Waals surface area contributed by atoms with E-state index in [9.17, 15) is 5.11 Å². The molecular formula is C20H20BrN3O4S. The predicted molar refractivity (Wildman–Crippen MR) is 118 cm³/mol. The van der Waals surface area contributed by atoms with Crippen molar-refractivity contribution in [2.24, 2.45) is 10.1 Å². The van der Waals surface area contributed by atoms with Gasteiger partial charge < -0.3 is 19.3 Å². The van der Waals surface area contributed by atoms with Gasteiger partial charge in [0, 0.05) is 28.0 Å². The third-order valence-electron chi connectivity index (χ3n) is 4.14. The van der Waals surface area contributed by atoms with Gasteiger partial charge in [-0.25, -0.2) is 4.68 Å². The van der Waals surface area contributed by atoms with Gasteiger partial charge in [-0.05, 0) is 30.3 Å². The zero-order valence-electron chi connectivity index (χ0n) is 16.3. The lowest BCUT2D eigenvalue weighted by molar-refractivity contribution is 0.324. The van der Waals surface area contributed by atoms with Crippen molar-refractivity contribution in [3.63, 3.8) is 0 Å². The summed E-state index contributed by atoms with van der Waals surface area (Å²) < 4.78 is 18.9. The van der Waals surface area contributed by atoms with Crippen LogP contribution < -0.4 is 19.0 Å². The van der Waals surface area contributed by atoms with Gasteiger partial charge in [-0.15, -0.1) is 11.3 Å². The molecule has 0 unspecified atom stereocenters. The molecule has 0 aliphatic heterocycles. The Morgan fingerprint density at radius 3 is 2.34 bits per heavy atom. The Morgan fingerprint density at radius 2 is 1.76 bits per heavy atom. The zero-order valence-corrected chi connectivity index (χ0v) is 18.7. The van der Waals surface area contributed by atoms with Gasteiger partial charge in [-0.2, -0.15) is 5.10 Å². The molecule has 0 aliphatic carbocycles. The number of aromatic nitrogens is 1. The Kier molecular flexibility index (Phi) is 6.60. The van der Waals surface area contributed by atoms with E-state index in [1.807, 2.05) is 17.5 Å². The molecule has 3 rings (SSSR count). The Labute approximate surface area is 180 Å². The summed E-state index contributed by atoms with van der Waals surface area (Å²) in [4.78, 5) is 4.99. The van der Waals surface area contributed by atoms with Gasteiger partial charge in [0.15, 0.2) is 11.5 Å². The van der Waals surface area contributed by atoms with Crippen LogP contribution in [0.5, 0.6) is 23.0 Å². The van der Waals surface area contributed by atoms with Crippen LogP contribution in [-0.4, -0.2) is 44.4 Å². The molecule has 0 atom stereocenters. The van der Waals surface area contributed by atoms with Crippen molar-refractivity contribution in [3.05, 3.63) is 50.5 Å². The number of aromatic hydroxyl groups is 1. The number of hydrogen-bond donors (Lipinski definition) is 1. The fourth-order valence-electron chi connectivity index (χ4n) is 2.74. The summed E-state index contributed by atoms with van der Waals surface area (Å²) in [5, 5.41) is 16.6. The predicted octanol–water partition coefficient (Wildman–Crippen LogP) is 4.12. The molecule has 2 aromatic carbocycles. The smallest absolute Gasteiger partial charge is 0.205 e. The Morgan fingerprint density at radius 1 is 1.07 bits per heavy atom. The number of hydrogen-bond acceptors (Lipinski definition) is 7. The van der Waals surface area contributed by atoms with Crippen LogP contribution in [0.1, 0.15) is 5.56 Å². The number of nitrogens with zero attached hydrogens (tertiary/aromatic N) is 3. The maximum atomic E-state index is 10.1. The molecule has 0 bridgehead atoms. The molecule has 152 valence electrons. The molecule has 29 heavy (non-hydrogen) atoms. The molecule has 3 aromatic rings. The Hall–Kier alpha value is -2.78. The van der Waals surface area contributed by atoms with E-state index in [0.717, 1.165) is 15.7 Å². The third kappa shape index (κ3) is 4.30. The second kappa shape index (κ2) is 9.15. The maximum absolute atomic E-state index is 10.1. The number of halogens is 1. The van der Waals surface area contributed by atoms with Crippen LogP contribution in [0.25, 0.3) is 11.3 Å². The Bertz CT molecular complexity index is 1100. The van der Waals surface area contributed by atoms with E-state index in [2.05, 4.69) is 26.0 Å². The lowest BCUT2D eigenvalue weighted by Crippen LogP contribution is -2.11. The minimum absolute atomic E-state index is 0.136. The molecule has 1 heterocycles. The van der Waals surface area contributed by atoms with Gasteiger partial charge in [0.25, 0.3) is 0 Å². The van der Waals surface area contributed by atoms with Gasteiger partial charge in [-0.1, -0.05) is 15.9 Å². The van der Waals surface area contributed by atoms with Crippen LogP contribution in [0.2, 0.25) is 0 Å². The van der Waals surface area contributed by atoms with Crippen molar-refractivity contribution in [1.29, 1.82) is 0 Å². The van der Waals surface area contributed by atoms with E-state index in [-0.39, 0.29) is 5.75 Å². The SMILES string of the molecule is CN=c1scc(-c2cc(OC)c(OC)c(OC)c2)n1N=Cc1cc(Br)ccc1O. The summed E-state index contributed by atoms with van der Waals surface area (Å²) in [5.74, 6) is 1.74.